The van der Waals surface area contributed by atoms with Crippen molar-refractivity contribution < 1.29 is 14.6 Å². The minimum Gasteiger partial charge on any atom is -0.439 e. The van der Waals surface area contributed by atoms with Gasteiger partial charge in [0.05, 0.1) is 29.7 Å². The summed E-state index contributed by atoms with van der Waals surface area (Å²) < 4.78 is 14.0. The number of ether oxygens (including phenoxy) is 2. The highest BCUT2D eigenvalue weighted by molar-refractivity contribution is 5.43. The van der Waals surface area contributed by atoms with Crippen molar-refractivity contribution in [3.05, 3.63) is 108 Å². The molecule has 194 valence electrons. The summed E-state index contributed by atoms with van der Waals surface area (Å²) in [4.78, 5) is 2.24. The number of aromatic nitrogens is 2. The molecular formula is C31H37N3O3. The first kappa shape index (κ1) is 26.6. The molecule has 0 aliphatic rings. The standard InChI is InChI=1S/C31H37N3O3/c1-3-4-20-36-24-28(35)22-33(21-26-14-8-5-9-15-26)23-30-25(2)32-34(27-16-10-6-11-17-27)31(30)37-29-18-12-7-13-19-29/h5-19,28,35H,3-4,20-24H2,1-2H3. The lowest BCUT2D eigenvalue weighted by Gasteiger charge is -2.25. The monoisotopic (exact) mass is 499 g/mol. The third kappa shape index (κ3) is 7.76. The van der Waals surface area contributed by atoms with E-state index in [0.717, 1.165) is 35.5 Å². The van der Waals surface area contributed by atoms with Crippen LogP contribution in [0.5, 0.6) is 11.6 Å². The molecule has 0 fully saturated rings. The molecule has 3 aromatic carbocycles. The second-order valence-corrected chi connectivity index (χ2v) is 9.27. The number of aliphatic hydroxyl groups excluding tert-OH is 1. The lowest BCUT2D eigenvalue weighted by atomic mass is 10.1. The van der Waals surface area contributed by atoms with E-state index in [4.69, 9.17) is 14.6 Å². The van der Waals surface area contributed by atoms with E-state index in [-0.39, 0.29) is 0 Å². The minimum absolute atomic E-state index is 0.320. The van der Waals surface area contributed by atoms with Crippen LogP contribution in [0.25, 0.3) is 5.69 Å². The van der Waals surface area contributed by atoms with Gasteiger partial charge in [-0.1, -0.05) is 80.1 Å². The van der Waals surface area contributed by atoms with Crippen LogP contribution < -0.4 is 4.74 Å². The molecule has 1 atom stereocenters. The molecule has 0 aliphatic carbocycles. The van der Waals surface area contributed by atoms with Gasteiger partial charge >= 0.3 is 0 Å². The highest BCUT2D eigenvalue weighted by atomic mass is 16.5. The Labute approximate surface area is 220 Å². The fourth-order valence-corrected chi connectivity index (χ4v) is 4.24. The number of rotatable bonds is 14. The summed E-state index contributed by atoms with van der Waals surface area (Å²) in [6.07, 6.45) is 1.48. The molecule has 4 rings (SSSR count). The number of benzene rings is 3. The Morgan fingerprint density at radius 2 is 1.54 bits per heavy atom. The molecule has 0 bridgehead atoms. The summed E-state index contributed by atoms with van der Waals surface area (Å²) >= 11 is 0. The second-order valence-electron chi connectivity index (χ2n) is 9.27. The lowest BCUT2D eigenvalue weighted by molar-refractivity contribution is 0.0127. The van der Waals surface area contributed by atoms with E-state index in [1.165, 1.54) is 5.56 Å². The predicted octanol–water partition coefficient (Wildman–Crippen LogP) is 6.15. The van der Waals surface area contributed by atoms with Gasteiger partial charge < -0.3 is 14.6 Å². The maximum absolute atomic E-state index is 10.8. The van der Waals surface area contributed by atoms with Crippen LogP contribution in [0.2, 0.25) is 0 Å². The molecule has 37 heavy (non-hydrogen) atoms. The number of para-hydroxylation sites is 2. The quantitative estimate of drug-likeness (QED) is 0.211. The smallest absolute Gasteiger partial charge is 0.227 e. The van der Waals surface area contributed by atoms with E-state index in [1.807, 2.05) is 90.5 Å². The molecule has 0 spiro atoms. The van der Waals surface area contributed by atoms with E-state index >= 15 is 0 Å². The maximum atomic E-state index is 10.8. The van der Waals surface area contributed by atoms with E-state index in [9.17, 15) is 5.11 Å². The fourth-order valence-electron chi connectivity index (χ4n) is 4.24. The number of nitrogens with zero attached hydrogens (tertiary/aromatic N) is 3. The summed E-state index contributed by atoms with van der Waals surface area (Å²) in [5, 5.41) is 15.7. The lowest BCUT2D eigenvalue weighted by Crippen LogP contribution is -2.34. The molecule has 4 aromatic rings. The van der Waals surface area contributed by atoms with Gasteiger partial charge in [0.25, 0.3) is 0 Å². The van der Waals surface area contributed by atoms with Crippen molar-refractivity contribution >= 4 is 0 Å². The summed E-state index contributed by atoms with van der Waals surface area (Å²) in [5.74, 6) is 1.43. The Hall–Kier alpha value is -3.45. The third-order valence-electron chi connectivity index (χ3n) is 6.15. The molecule has 1 aromatic heterocycles. The largest absolute Gasteiger partial charge is 0.439 e. The van der Waals surface area contributed by atoms with Crippen molar-refractivity contribution in [2.24, 2.45) is 0 Å². The van der Waals surface area contributed by atoms with Crippen LogP contribution in [0.15, 0.2) is 91.0 Å². The second kappa shape index (κ2) is 13.7. The van der Waals surface area contributed by atoms with Crippen LogP contribution in [0.3, 0.4) is 0 Å². The van der Waals surface area contributed by atoms with Crippen molar-refractivity contribution in [2.75, 3.05) is 19.8 Å². The van der Waals surface area contributed by atoms with Crippen molar-refractivity contribution in [3.8, 4) is 17.3 Å². The topological polar surface area (TPSA) is 59.8 Å². The van der Waals surface area contributed by atoms with Gasteiger partial charge in [-0.2, -0.15) is 5.10 Å². The zero-order chi connectivity index (χ0) is 25.9. The van der Waals surface area contributed by atoms with Gasteiger partial charge in [0.2, 0.25) is 5.88 Å². The molecule has 0 amide bonds. The van der Waals surface area contributed by atoms with E-state index in [1.54, 1.807) is 0 Å². The molecule has 0 saturated carbocycles. The Morgan fingerprint density at radius 3 is 2.22 bits per heavy atom. The average molecular weight is 500 g/mol. The minimum atomic E-state index is -0.594. The third-order valence-corrected chi connectivity index (χ3v) is 6.15. The zero-order valence-electron chi connectivity index (χ0n) is 21.8. The molecule has 0 radical (unpaired) electrons. The normalized spacial score (nSPS) is 12.1. The summed E-state index contributed by atoms with van der Waals surface area (Å²) in [6, 6.07) is 30.1. The molecule has 1 N–H and O–H groups in total. The first-order valence-electron chi connectivity index (χ1n) is 13.0. The van der Waals surface area contributed by atoms with Crippen molar-refractivity contribution in [1.29, 1.82) is 0 Å². The van der Waals surface area contributed by atoms with Crippen LogP contribution in [-0.4, -0.2) is 45.6 Å². The van der Waals surface area contributed by atoms with Crippen molar-refractivity contribution in [3.63, 3.8) is 0 Å². The van der Waals surface area contributed by atoms with E-state index in [0.29, 0.717) is 38.7 Å². The van der Waals surface area contributed by atoms with Crippen LogP contribution >= 0.6 is 0 Å². The van der Waals surface area contributed by atoms with Gasteiger partial charge in [-0.15, -0.1) is 0 Å². The SMILES string of the molecule is CCCCOCC(O)CN(Cc1ccccc1)Cc1c(C)nn(-c2ccccc2)c1Oc1ccccc1. The molecule has 1 heterocycles. The highest BCUT2D eigenvalue weighted by Gasteiger charge is 2.23. The number of aryl methyl sites for hydroxylation is 1. The van der Waals surface area contributed by atoms with E-state index in [2.05, 4.69) is 24.0 Å². The van der Waals surface area contributed by atoms with Crippen molar-refractivity contribution in [2.45, 2.75) is 45.9 Å². The first-order chi connectivity index (χ1) is 18.1. The molecule has 0 aliphatic heterocycles. The Balaban J connectivity index is 1.63. The van der Waals surface area contributed by atoms with Crippen LogP contribution in [0.4, 0.5) is 0 Å². The maximum Gasteiger partial charge on any atom is 0.227 e. The first-order valence-corrected chi connectivity index (χ1v) is 13.0. The number of hydrogen-bond acceptors (Lipinski definition) is 5. The zero-order valence-corrected chi connectivity index (χ0v) is 21.8. The number of hydrogen-bond donors (Lipinski definition) is 1. The highest BCUT2D eigenvalue weighted by Crippen LogP contribution is 2.32. The number of unbranched alkanes of at least 4 members (excludes halogenated alkanes) is 1. The van der Waals surface area contributed by atoms with Gasteiger partial charge in [-0.25, -0.2) is 4.68 Å². The predicted molar refractivity (Wildman–Crippen MR) is 147 cm³/mol. The van der Waals surface area contributed by atoms with Gasteiger partial charge in [-0.3, -0.25) is 4.90 Å². The van der Waals surface area contributed by atoms with Gasteiger partial charge in [0.15, 0.2) is 0 Å². The summed E-state index contributed by atoms with van der Waals surface area (Å²) in [7, 11) is 0. The Morgan fingerprint density at radius 1 is 0.892 bits per heavy atom. The van der Waals surface area contributed by atoms with E-state index < -0.39 is 6.10 Å². The molecule has 6 nitrogen and oxygen atoms in total. The Kier molecular flexibility index (Phi) is 9.89. The fraction of sp³-hybridized carbons (Fsp3) is 0.323. The van der Waals surface area contributed by atoms with Crippen LogP contribution in [0, 0.1) is 6.92 Å². The molecule has 1 unspecified atom stereocenters. The Bertz CT molecular complexity index is 1200. The van der Waals surface area contributed by atoms with Crippen LogP contribution in [-0.2, 0) is 17.8 Å². The van der Waals surface area contributed by atoms with Crippen molar-refractivity contribution in [1.82, 2.24) is 14.7 Å². The van der Waals surface area contributed by atoms with Gasteiger partial charge in [0.1, 0.15) is 5.75 Å². The van der Waals surface area contributed by atoms with Gasteiger partial charge in [-0.05, 0) is 43.2 Å². The average Bonchev–Trinajstić information content (AvgIpc) is 3.22. The molecule has 6 heteroatoms. The molecular weight excluding hydrogens is 462 g/mol. The molecule has 0 saturated heterocycles. The summed E-state index contributed by atoms with van der Waals surface area (Å²) in [5.41, 5.74) is 3.99. The van der Waals surface area contributed by atoms with Crippen LogP contribution in [0.1, 0.15) is 36.6 Å². The summed E-state index contributed by atoms with van der Waals surface area (Å²) in [6.45, 7) is 6.87. The number of aliphatic hydroxyl groups is 1. The van der Waals surface area contributed by atoms with Gasteiger partial charge in [0, 0.05) is 26.2 Å².